The predicted octanol–water partition coefficient (Wildman–Crippen LogP) is 14.6. The minimum Gasteiger partial charge on any atom is -0.255 e. The topological polar surface area (TPSA) is 142 Å². The molecule has 0 aliphatic carbocycles. The van der Waals surface area contributed by atoms with Crippen molar-refractivity contribution in [1.82, 2.24) is 54.8 Å². The van der Waals surface area contributed by atoms with E-state index < -0.39 is 0 Å². The number of nitrogens with zero attached hydrogens (tertiary/aromatic N) is 11. The molecule has 0 radical (unpaired) electrons. The first-order valence-electron chi connectivity index (χ1n) is 24.8. The average molecular weight is 974 g/mol. The van der Waals surface area contributed by atoms with E-state index in [0.29, 0.717) is 46.1 Å². The second-order valence-corrected chi connectivity index (χ2v) is 18.2. The SMILES string of the molecule is c1ccc(-c2nc(-c3cccc(-c4nc(-c5ccc(-c6cc(-c7nc(-c8ccccn8)c8ccccc8n7)nc(-c7nc(-c8ccccn8)c8ccccc8n7)c6)cc5)c5ccccc5n4)c3)nc3ccccc23)cc1. The van der Waals surface area contributed by atoms with Gasteiger partial charge in [0.15, 0.2) is 23.3 Å². The number of aromatic nitrogens is 11. The third-order valence-corrected chi connectivity index (χ3v) is 13.4. The summed E-state index contributed by atoms with van der Waals surface area (Å²) in [5.41, 5.74) is 14.4. The number of fused-ring (bicyclic) bond motifs is 4. The zero-order valence-electron chi connectivity index (χ0n) is 40.4. The van der Waals surface area contributed by atoms with Gasteiger partial charge in [0, 0.05) is 56.2 Å². The summed E-state index contributed by atoms with van der Waals surface area (Å²) in [4.78, 5) is 55.9. The first kappa shape index (κ1) is 44.1. The second-order valence-electron chi connectivity index (χ2n) is 18.2. The molecule has 0 unspecified atom stereocenters. The molecule has 0 aliphatic rings. The molecule has 0 amide bonds. The quantitative estimate of drug-likeness (QED) is 0.136. The molecule has 0 N–H and O–H groups in total. The van der Waals surface area contributed by atoms with Gasteiger partial charge in [0.1, 0.15) is 22.8 Å². The van der Waals surface area contributed by atoms with Crippen LogP contribution in [0.5, 0.6) is 0 Å². The van der Waals surface area contributed by atoms with E-state index in [2.05, 4.69) is 54.6 Å². The number of hydrogen-bond acceptors (Lipinski definition) is 11. The van der Waals surface area contributed by atoms with Crippen molar-refractivity contribution in [3.05, 3.63) is 237 Å². The molecule has 0 spiro atoms. The van der Waals surface area contributed by atoms with Gasteiger partial charge in [0.2, 0.25) is 0 Å². The maximum atomic E-state index is 5.31. The molecule has 0 bridgehead atoms. The molecule has 0 saturated carbocycles. The Hall–Kier alpha value is -10.7. The van der Waals surface area contributed by atoms with E-state index in [-0.39, 0.29) is 0 Å². The summed E-state index contributed by atoms with van der Waals surface area (Å²) in [5.74, 6) is 2.10. The highest BCUT2D eigenvalue weighted by atomic mass is 15.0. The van der Waals surface area contributed by atoms with Crippen LogP contribution in [-0.4, -0.2) is 54.8 Å². The van der Waals surface area contributed by atoms with Crippen LogP contribution in [0.1, 0.15) is 0 Å². The number of para-hydroxylation sites is 4. The minimum absolute atomic E-state index is 0.442. The second kappa shape index (κ2) is 18.8. The van der Waals surface area contributed by atoms with Crippen LogP contribution < -0.4 is 0 Å². The number of rotatable bonds is 9. The van der Waals surface area contributed by atoms with Gasteiger partial charge in [-0.1, -0.05) is 158 Å². The Balaban J connectivity index is 0.892. The fourth-order valence-corrected chi connectivity index (χ4v) is 9.77. The van der Waals surface area contributed by atoms with Crippen LogP contribution in [0.2, 0.25) is 0 Å². The molecule has 0 atom stereocenters. The maximum absolute atomic E-state index is 5.31. The number of benzene rings is 7. The molecule has 0 fully saturated rings. The van der Waals surface area contributed by atoms with Crippen LogP contribution in [0.4, 0.5) is 0 Å². The summed E-state index contributed by atoms with van der Waals surface area (Å²) in [6, 6.07) is 74.7. The van der Waals surface area contributed by atoms with Gasteiger partial charge in [-0.15, -0.1) is 0 Å². The van der Waals surface area contributed by atoms with Crippen LogP contribution >= 0.6 is 0 Å². The lowest BCUT2D eigenvalue weighted by atomic mass is 9.99. The van der Waals surface area contributed by atoms with Gasteiger partial charge in [0.05, 0.1) is 44.8 Å². The van der Waals surface area contributed by atoms with Gasteiger partial charge < -0.3 is 0 Å². The zero-order valence-corrected chi connectivity index (χ0v) is 40.4. The third-order valence-electron chi connectivity index (χ3n) is 13.4. The maximum Gasteiger partial charge on any atom is 0.179 e. The molecule has 0 saturated heterocycles. The molecule has 14 rings (SSSR count). The molecular weight excluding hydrogens is 935 g/mol. The van der Waals surface area contributed by atoms with Gasteiger partial charge in [-0.25, -0.2) is 44.9 Å². The predicted molar refractivity (Wildman–Crippen MR) is 301 cm³/mol. The molecule has 14 aromatic rings. The standard InChI is InChI=1S/C65H39N11/c1-2-17-41(18-3-1)58-46-21-4-8-25-50(46)69-62(73-58)43-19-16-20-44(37-43)63-70-51-26-9-5-22-47(51)59(74-63)42-33-31-40(32-34-42)45-38-56(64-71-52-27-10-6-23-48(52)60(75-64)54-29-12-14-35-66-54)68-57(39-45)65-72-53-28-11-7-24-49(53)61(76-65)55-30-13-15-36-67-55/h1-39H. The van der Waals surface area contributed by atoms with Gasteiger partial charge in [-0.3, -0.25) is 9.97 Å². The van der Waals surface area contributed by atoms with Crippen molar-refractivity contribution in [1.29, 1.82) is 0 Å². The number of hydrogen-bond donors (Lipinski definition) is 0. The highest BCUT2D eigenvalue weighted by Crippen LogP contribution is 2.37. The van der Waals surface area contributed by atoms with Crippen molar-refractivity contribution >= 4 is 43.6 Å². The van der Waals surface area contributed by atoms with E-state index in [9.17, 15) is 0 Å². The van der Waals surface area contributed by atoms with Crippen molar-refractivity contribution in [3.8, 4) is 102 Å². The van der Waals surface area contributed by atoms with E-state index >= 15 is 0 Å². The smallest absolute Gasteiger partial charge is 0.179 e. The Morgan fingerprint density at radius 1 is 0.197 bits per heavy atom. The van der Waals surface area contributed by atoms with Crippen LogP contribution in [0.15, 0.2) is 237 Å². The summed E-state index contributed by atoms with van der Waals surface area (Å²) in [7, 11) is 0. The fraction of sp³-hybridized carbons (Fsp3) is 0. The molecule has 7 heterocycles. The molecule has 7 aromatic heterocycles. The summed E-state index contributed by atoms with van der Waals surface area (Å²) >= 11 is 0. The lowest BCUT2D eigenvalue weighted by Crippen LogP contribution is -2.01. The summed E-state index contributed by atoms with van der Waals surface area (Å²) in [6.07, 6.45) is 3.55. The summed E-state index contributed by atoms with van der Waals surface area (Å²) in [5, 5.41) is 3.71. The zero-order chi connectivity index (χ0) is 50.4. The Morgan fingerprint density at radius 3 is 1.03 bits per heavy atom. The van der Waals surface area contributed by atoms with Gasteiger partial charge in [-0.2, -0.15) is 0 Å². The lowest BCUT2D eigenvalue weighted by Gasteiger charge is -2.13. The molecule has 11 heteroatoms. The first-order valence-corrected chi connectivity index (χ1v) is 24.8. The fourth-order valence-electron chi connectivity index (χ4n) is 9.77. The van der Waals surface area contributed by atoms with Crippen molar-refractivity contribution in [2.24, 2.45) is 0 Å². The van der Waals surface area contributed by atoms with Gasteiger partial charge in [0.25, 0.3) is 0 Å². The summed E-state index contributed by atoms with van der Waals surface area (Å²) < 4.78 is 0. The van der Waals surface area contributed by atoms with Crippen molar-refractivity contribution < 1.29 is 0 Å². The van der Waals surface area contributed by atoms with E-state index in [1.807, 2.05) is 170 Å². The van der Waals surface area contributed by atoms with Crippen LogP contribution in [0.25, 0.3) is 146 Å². The van der Waals surface area contributed by atoms with E-state index in [4.69, 9.17) is 54.8 Å². The average Bonchev–Trinajstić information content (AvgIpc) is 3.53. The van der Waals surface area contributed by atoms with Crippen LogP contribution in [0.3, 0.4) is 0 Å². The molecule has 76 heavy (non-hydrogen) atoms. The molecule has 11 nitrogen and oxygen atoms in total. The van der Waals surface area contributed by atoms with Crippen molar-refractivity contribution in [3.63, 3.8) is 0 Å². The Kier molecular flexibility index (Phi) is 10.9. The molecular formula is C65H39N11. The van der Waals surface area contributed by atoms with E-state index in [1.54, 1.807) is 12.4 Å². The third kappa shape index (κ3) is 8.20. The normalized spacial score (nSPS) is 11.4. The highest BCUT2D eigenvalue weighted by molar-refractivity contribution is 5.97. The molecule has 0 aliphatic heterocycles. The van der Waals surface area contributed by atoms with Gasteiger partial charge >= 0.3 is 0 Å². The largest absolute Gasteiger partial charge is 0.255 e. The lowest BCUT2D eigenvalue weighted by molar-refractivity contribution is 1.14. The van der Waals surface area contributed by atoms with E-state index in [1.165, 1.54) is 0 Å². The first-order chi connectivity index (χ1) is 37.6. The van der Waals surface area contributed by atoms with Crippen LogP contribution in [0, 0.1) is 0 Å². The molecule has 354 valence electrons. The monoisotopic (exact) mass is 973 g/mol. The van der Waals surface area contributed by atoms with Crippen LogP contribution in [-0.2, 0) is 0 Å². The Labute approximate surface area is 435 Å². The number of pyridine rings is 3. The van der Waals surface area contributed by atoms with E-state index in [0.717, 1.165) is 99.8 Å². The van der Waals surface area contributed by atoms with Gasteiger partial charge in [-0.05, 0) is 77.9 Å². The molecule has 7 aromatic carbocycles. The summed E-state index contributed by atoms with van der Waals surface area (Å²) in [6.45, 7) is 0. The minimum atomic E-state index is 0.442. The van der Waals surface area contributed by atoms with Crippen molar-refractivity contribution in [2.75, 3.05) is 0 Å². The Bertz CT molecular complexity index is 4380. The highest BCUT2D eigenvalue weighted by Gasteiger charge is 2.20. The van der Waals surface area contributed by atoms with Crippen molar-refractivity contribution in [2.45, 2.75) is 0 Å². The Morgan fingerprint density at radius 2 is 0.566 bits per heavy atom.